The maximum atomic E-state index is 12.3. The molecule has 0 saturated heterocycles. The highest BCUT2D eigenvalue weighted by Gasteiger charge is 2.39. The Kier molecular flexibility index (Phi) is 4.26. The summed E-state index contributed by atoms with van der Waals surface area (Å²) < 4.78 is 38.0. The number of halogens is 3. The second kappa shape index (κ2) is 6.12. The zero-order chi connectivity index (χ0) is 18.4. The summed E-state index contributed by atoms with van der Waals surface area (Å²) in [6, 6.07) is 2.41. The summed E-state index contributed by atoms with van der Waals surface area (Å²) in [5.74, 6) is -1.02. The molecule has 2 heterocycles. The molecular weight excluding hydrogens is 337 g/mol. The lowest BCUT2D eigenvalue weighted by molar-refractivity contribution is -0.151. The van der Waals surface area contributed by atoms with E-state index in [1.54, 1.807) is 13.0 Å². The fraction of sp³-hybridized carbons (Fsp3) is 0.500. The quantitative estimate of drug-likeness (QED) is 0.917. The normalized spacial score (nSPS) is 20.4. The van der Waals surface area contributed by atoms with Gasteiger partial charge in [0, 0.05) is 18.5 Å². The van der Waals surface area contributed by atoms with Gasteiger partial charge in [0.15, 0.2) is 5.65 Å². The largest absolute Gasteiger partial charge is 0.389 e. The van der Waals surface area contributed by atoms with Crippen LogP contribution in [0.25, 0.3) is 5.65 Å². The average molecular weight is 354 g/mol. The number of carbonyl (C=O) groups excluding carboxylic acids is 1. The van der Waals surface area contributed by atoms with E-state index in [4.69, 9.17) is 0 Å². The molecule has 0 unspecified atom stereocenters. The van der Waals surface area contributed by atoms with Crippen molar-refractivity contribution in [1.29, 1.82) is 0 Å². The van der Waals surface area contributed by atoms with Gasteiger partial charge in [-0.05, 0) is 44.2 Å². The molecule has 134 valence electrons. The lowest BCUT2D eigenvalue weighted by atomic mass is 9.78. The zero-order valence-corrected chi connectivity index (χ0v) is 13.7. The van der Waals surface area contributed by atoms with Gasteiger partial charge >= 0.3 is 6.18 Å². The third-order valence-electron chi connectivity index (χ3n) is 4.41. The smallest absolute Gasteiger partial charge is 0.348 e. The van der Waals surface area contributed by atoms with Crippen molar-refractivity contribution >= 4 is 11.6 Å². The van der Waals surface area contributed by atoms with E-state index in [2.05, 4.69) is 15.4 Å². The van der Waals surface area contributed by atoms with Gasteiger partial charge in [-0.25, -0.2) is 4.98 Å². The first-order chi connectivity index (χ1) is 11.6. The van der Waals surface area contributed by atoms with Crippen molar-refractivity contribution in [2.75, 3.05) is 0 Å². The number of aromatic nitrogens is 3. The molecule has 9 heteroatoms. The standard InChI is InChI=1S/C16H17F3N4O2/c1-8-3-13-21-12(6-14(24)23(13)22-9(8)2)15(25)20-11-4-10(5-11)7-16(17,18)19/h3,6,10-11H,4-5,7H2,1-2H3,(H,20,25). The van der Waals surface area contributed by atoms with E-state index < -0.39 is 30.0 Å². The van der Waals surface area contributed by atoms with Crippen LogP contribution < -0.4 is 10.9 Å². The third-order valence-corrected chi connectivity index (χ3v) is 4.41. The molecule has 1 N–H and O–H groups in total. The van der Waals surface area contributed by atoms with Crippen molar-refractivity contribution in [3.8, 4) is 0 Å². The van der Waals surface area contributed by atoms with Crippen LogP contribution in [0.15, 0.2) is 16.9 Å². The average Bonchev–Trinajstić information content (AvgIpc) is 2.45. The molecule has 1 aliphatic rings. The first kappa shape index (κ1) is 17.4. The van der Waals surface area contributed by atoms with Crippen molar-refractivity contribution in [2.45, 2.75) is 45.3 Å². The zero-order valence-electron chi connectivity index (χ0n) is 13.7. The van der Waals surface area contributed by atoms with Crippen LogP contribution in [0.1, 0.15) is 41.0 Å². The molecule has 3 rings (SSSR count). The summed E-state index contributed by atoms with van der Waals surface area (Å²) in [5, 5.41) is 6.74. The van der Waals surface area contributed by atoms with Crippen molar-refractivity contribution in [3.63, 3.8) is 0 Å². The lowest BCUT2D eigenvalue weighted by Gasteiger charge is -2.36. The molecule has 0 radical (unpaired) electrons. The van der Waals surface area contributed by atoms with E-state index >= 15 is 0 Å². The molecule has 1 saturated carbocycles. The van der Waals surface area contributed by atoms with Crippen molar-refractivity contribution in [3.05, 3.63) is 39.4 Å². The van der Waals surface area contributed by atoms with Crippen LogP contribution in [0.4, 0.5) is 13.2 Å². The van der Waals surface area contributed by atoms with Gasteiger partial charge < -0.3 is 5.32 Å². The van der Waals surface area contributed by atoms with Gasteiger partial charge in [0.2, 0.25) is 0 Å². The van der Waals surface area contributed by atoms with Gasteiger partial charge in [0.25, 0.3) is 11.5 Å². The van der Waals surface area contributed by atoms with E-state index in [-0.39, 0.29) is 30.2 Å². The van der Waals surface area contributed by atoms with E-state index in [0.717, 1.165) is 16.1 Å². The summed E-state index contributed by atoms with van der Waals surface area (Å²) in [7, 11) is 0. The monoisotopic (exact) mass is 354 g/mol. The fourth-order valence-corrected chi connectivity index (χ4v) is 2.94. The molecule has 0 atom stereocenters. The molecule has 1 aliphatic carbocycles. The van der Waals surface area contributed by atoms with Crippen LogP contribution in [0.5, 0.6) is 0 Å². The SMILES string of the molecule is Cc1cc2nc(C(=O)NC3CC(CC(F)(F)F)C3)cc(=O)n2nc1C. The molecule has 2 aromatic heterocycles. The predicted octanol–water partition coefficient (Wildman–Crippen LogP) is 2.17. The number of hydrogen-bond donors (Lipinski definition) is 1. The summed E-state index contributed by atoms with van der Waals surface area (Å²) >= 11 is 0. The molecule has 0 spiro atoms. The maximum Gasteiger partial charge on any atom is 0.389 e. The summed E-state index contributed by atoms with van der Waals surface area (Å²) in [5.41, 5.74) is 1.22. The van der Waals surface area contributed by atoms with Crippen LogP contribution in [-0.4, -0.2) is 32.7 Å². The number of aryl methyl sites for hydroxylation is 2. The second-order valence-corrected chi connectivity index (χ2v) is 6.49. The highest BCUT2D eigenvalue weighted by molar-refractivity contribution is 5.92. The van der Waals surface area contributed by atoms with Gasteiger partial charge in [0.1, 0.15) is 5.69 Å². The van der Waals surface area contributed by atoms with Gasteiger partial charge in [-0.2, -0.15) is 22.8 Å². The number of fused-ring (bicyclic) bond motifs is 1. The third kappa shape index (κ3) is 3.80. The Labute approximate surface area is 141 Å². The summed E-state index contributed by atoms with van der Waals surface area (Å²) in [6.45, 7) is 3.58. The van der Waals surface area contributed by atoms with E-state index in [1.165, 1.54) is 0 Å². The Morgan fingerprint density at radius 2 is 2.00 bits per heavy atom. The molecule has 0 aromatic carbocycles. The van der Waals surface area contributed by atoms with Crippen molar-refractivity contribution < 1.29 is 18.0 Å². The first-order valence-corrected chi connectivity index (χ1v) is 7.88. The molecule has 6 nitrogen and oxygen atoms in total. The number of rotatable bonds is 3. The predicted molar refractivity (Wildman–Crippen MR) is 83.4 cm³/mol. The van der Waals surface area contributed by atoms with Gasteiger partial charge in [-0.1, -0.05) is 0 Å². The molecule has 0 bridgehead atoms. The molecule has 25 heavy (non-hydrogen) atoms. The Morgan fingerprint density at radius 1 is 1.32 bits per heavy atom. The van der Waals surface area contributed by atoms with Crippen LogP contribution in [-0.2, 0) is 0 Å². The number of carbonyl (C=O) groups is 1. The minimum absolute atomic E-state index is 0.0608. The number of nitrogens with zero attached hydrogens (tertiary/aromatic N) is 3. The molecule has 2 aromatic rings. The number of alkyl halides is 3. The Bertz CT molecular complexity index is 885. The summed E-state index contributed by atoms with van der Waals surface area (Å²) in [4.78, 5) is 28.5. The van der Waals surface area contributed by atoms with Crippen LogP contribution in [0, 0.1) is 19.8 Å². The van der Waals surface area contributed by atoms with Crippen LogP contribution in [0.3, 0.4) is 0 Å². The topological polar surface area (TPSA) is 76.4 Å². The van der Waals surface area contributed by atoms with Gasteiger partial charge in [-0.3, -0.25) is 9.59 Å². The Hall–Kier alpha value is -2.45. The lowest BCUT2D eigenvalue weighted by Crippen LogP contribution is -2.45. The highest BCUT2D eigenvalue weighted by Crippen LogP contribution is 2.37. The number of hydrogen-bond acceptors (Lipinski definition) is 4. The van der Waals surface area contributed by atoms with E-state index in [9.17, 15) is 22.8 Å². The van der Waals surface area contributed by atoms with Crippen molar-refractivity contribution in [2.24, 2.45) is 5.92 Å². The molecule has 0 aliphatic heterocycles. The first-order valence-electron chi connectivity index (χ1n) is 7.88. The minimum atomic E-state index is -4.18. The van der Waals surface area contributed by atoms with Crippen LogP contribution in [0.2, 0.25) is 0 Å². The molecular formula is C16H17F3N4O2. The molecule has 1 amide bonds. The van der Waals surface area contributed by atoms with Crippen LogP contribution >= 0.6 is 0 Å². The maximum absolute atomic E-state index is 12.3. The minimum Gasteiger partial charge on any atom is -0.348 e. The van der Waals surface area contributed by atoms with E-state index in [1.807, 2.05) is 6.92 Å². The Balaban J connectivity index is 1.71. The summed E-state index contributed by atoms with van der Waals surface area (Å²) in [6.07, 6.45) is -4.47. The highest BCUT2D eigenvalue weighted by atomic mass is 19.4. The second-order valence-electron chi connectivity index (χ2n) is 6.49. The molecule has 1 fully saturated rings. The number of amides is 1. The fourth-order valence-electron chi connectivity index (χ4n) is 2.94. The van der Waals surface area contributed by atoms with Gasteiger partial charge in [0.05, 0.1) is 5.69 Å². The van der Waals surface area contributed by atoms with Crippen molar-refractivity contribution in [1.82, 2.24) is 19.9 Å². The van der Waals surface area contributed by atoms with E-state index in [0.29, 0.717) is 5.69 Å². The Morgan fingerprint density at radius 3 is 2.64 bits per heavy atom. The number of nitrogens with one attached hydrogen (secondary N) is 1. The van der Waals surface area contributed by atoms with Gasteiger partial charge in [-0.15, -0.1) is 0 Å².